The summed E-state index contributed by atoms with van der Waals surface area (Å²) in [6.45, 7) is 6.38. The second kappa shape index (κ2) is 8.45. The Kier molecular flexibility index (Phi) is 5.81. The smallest absolute Gasteiger partial charge is 0.280 e. The maximum Gasteiger partial charge on any atom is 0.280 e. The molecule has 0 atom stereocenters. The van der Waals surface area contributed by atoms with Crippen molar-refractivity contribution in [3.05, 3.63) is 59.2 Å². The number of anilines is 1. The van der Waals surface area contributed by atoms with Crippen LogP contribution in [0.4, 0.5) is 5.69 Å². The zero-order chi connectivity index (χ0) is 20.1. The molecule has 0 saturated carbocycles. The van der Waals surface area contributed by atoms with Crippen LogP contribution in [0, 0.1) is 19.3 Å². The summed E-state index contributed by atoms with van der Waals surface area (Å²) in [5.74, 6) is 3.44. The molecular weight excluding hydrogens is 352 g/mol. The van der Waals surface area contributed by atoms with Gasteiger partial charge in [-0.2, -0.15) is 10.1 Å². The molecule has 0 unspecified atom stereocenters. The lowest BCUT2D eigenvalue weighted by Gasteiger charge is -2.12. The number of aryl methyl sites for hydroxylation is 1. The SMILES string of the molecule is C#CCOc1ccc(/C=C2/C(=O)N(c3ccc(C)cc3)N=C2C)cc1OCC. The Morgan fingerprint density at radius 2 is 1.86 bits per heavy atom. The molecule has 1 aliphatic rings. The molecule has 0 aromatic heterocycles. The van der Waals surface area contributed by atoms with Crippen LogP contribution in [0.3, 0.4) is 0 Å². The predicted octanol–water partition coefficient (Wildman–Crippen LogP) is 4.21. The maximum atomic E-state index is 12.9. The zero-order valence-electron chi connectivity index (χ0n) is 16.2. The van der Waals surface area contributed by atoms with Crippen molar-refractivity contribution < 1.29 is 14.3 Å². The second-order valence-electron chi connectivity index (χ2n) is 6.33. The highest BCUT2D eigenvalue weighted by Gasteiger charge is 2.28. The summed E-state index contributed by atoms with van der Waals surface area (Å²) in [5.41, 5.74) is 3.89. The van der Waals surface area contributed by atoms with Gasteiger partial charge in [-0.3, -0.25) is 4.79 Å². The molecule has 0 fully saturated rings. The van der Waals surface area contributed by atoms with Gasteiger partial charge in [0, 0.05) is 0 Å². The van der Waals surface area contributed by atoms with E-state index >= 15 is 0 Å². The molecule has 5 heteroatoms. The highest BCUT2D eigenvalue weighted by Crippen LogP contribution is 2.31. The van der Waals surface area contributed by atoms with Crippen molar-refractivity contribution in [2.75, 3.05) is 18.2 Å². The van der Waals surface area contributed by atoms with Crippen LogP contribution in [-0.2, 0) is 4.79 Å². The fraction of sp³-hybridized carbons (Fsp3) is 0.217. The molecule has 28 heavy (non-hydrogen) atoms. The van der Waals surface area contributed by atoms with Crippen LogP contribution in [0.5, 0.6) is 11.5 Å². The van der Waals surface area contributed by atoms with Crippen LogP contribution in [0.25, 0.3) is 6.08 Å². The lowest BCUT2D eigenvalue weighted by molar-refractivity contribution is -0.114. The van der Waals surface area contributed by atoms with Gasteiger partial charge >= 0.3 is 0 Å². The topological polar surface area (TPSA) is 51.1 Å². The Balaban J connectivity index is 1.89. The minimum absolute atomic E-state index is 0.160. The van der Waals surface area contributed by atoms with Crippen LogP contribution < -0.4 is 14.5 Å². The molecule has 1 heterocycles. The van der Waals surface area contributed by atoms with Crippen molar-refractivity contribution in [3.8, 4) is 23.8 Å². The molecule has 2 aromatic rings. The summed E-state index contributed by atoms with van der Waals surface area (Å²) >= 11 is 0. The van der Waals surface area contributed by atoms with Crippen molar-refractivity contribution in [2.45, 2.75) is 20.8 Å². The number of benzene rings is 2. The first-order valence-corrected chi connectivity index (χ1v) is 9.05. The van der Waals surface area contributed by atoms with Crippen LogP contribution in [0.1, 0.15) is 25.0 Å². The van der Waals surface area contributed by atoms with Gasteiger partial charge in [0.2, 0.25) is 0 Å². The highest BCUT2D eigenvalue weighted by molar-refractivity contribution is 6.32. The van der Waals surface area contributed by atoms with E-state index in [0.29, 0.717) is 29.4 Å². The van der Waals surface area contributed by atoms with Gasteiger partial charge < -0.3 is 9.47 Å². The summed E-state index contributed by atoms with van der Waals surface area (Å²) in [4.78, 5) is 12.9. The molecule has 1 aliphatic heterocycles. The van der Waals surface area contributed by atoms with Crippen LogP contribution in [0.15, 0.2) is 53.1 Å². The lowest BCUT2D eigenvalue weighted by Crippen LogP contribution is -2.21. The number of hydrogen-bond acceptors (Lipinski definition) is 4. The van der Waals surface area contributed by atoms with E-state index in [-0.39, 0.29) is 12.5 Å². The van der Waals surface area contributed by atoms with E-state index in [4.69, 9.17) is 15.9 Å². The first-order chi connectivity index (χ1) is 13.5. The van der Waals surface area contributed by atoms with Crippen molar-refractivity contribution in [1.82, 2.24) is 0 Å². The number of terminal acetylenes is 1. The first kappa shape index (κ1) is 19.2. The van der Waals surface area contributed by atoms with Crippen molar-refractivity contribution in [1.29, 1.82) is 0 Å². The van der Waals surface area contributed by atoms with E-state index in [9.17, 15) is 4.79 Å². The molecule has 2 aromatic carbocycles. The van der Waals surface area contributed by atoms with E-state index in [1.165, 1.54) is 5.01 Å². The van der Waals surface area contributed by atoms with Gasteiger partial charge in [-0.15, -0.1) is 6.42 Å². The van der Waals surface area contributed by atoms with Crippen LogP contribution in [0.2, 0.25) is 0 Å². The normalized spacial score (nSPS) is 14.8. The van der Waals surface area contributed by atoms with Crippen molar-refractivity contribution in [3.63, 3.8) is 0 Å². The van der Waals surface area contributed by atoms with E-state index < -0.39 is 0 Å². The summed E-state index contributed by atoms with van der Waals surface area (Å²) in [6.07, 6.45) is 7.07. The van der Waals surface area contributed by atoms with Gasteiger partial charge in [-0.25, -0.2) is 0 Å². The summed E-state index contributed by atoms with van der Waals surface area (Å²) < 4.78 is 11.2. The second-order valence-corrected chi connectivity index (χ2v) is 6.33. The number of carbonyl (C=O) groups excluding carboxylic acids is 1. The molecule has 5 nitrogen and oxygen atoms in total. The Labute approximate surface area is 165 Å². The van der Waals surface area contributed by atoms with Crippen molar-refractivity contribution in [2.24, 2.45) is 5.10 Å². The average Bonchev–Trinajstić information content (AvgIpc) is 2.96. The number of carbonyl (C=O) groups is 1. The number of rotatable bonds is 6. The molecular formula is C23H22N2O3. The number of hydrazone groups is 1. The van der Waals surface area contributed by atoms with Gasteiger partial charge in [0.05, 0.1) is 23.6 Å². The molecule has 1 amide bonds. The Hall–Kier alpha value is -3.52. The number of hydrogen-bond donors (Lipinski definition) is 0. The summed E-state index contributed by atoms with van der Waals surface area (Å²) in [7, 11) is 0. The predicted molar refractivity (Wildman–Crippen MR) is 112 cm³/mol. The summed E-state index contributed by atoms with van der Waals surface area (Å²) in [6, 6.07) is 13.2. The molecule has 0 bridgehead atoms. The highest BCUT2D eigenvalue weighted by atomic mass is 16.5. The standard InChI is InChI=1S/C23H22N2O3/c1-5-13-28-21-12-9-18(15-22(21)27-6-2)14-20-17(4)24-25(23(20)26)19-10-7-16(3)8-11-19/h1,7-12,14-15H,6,13H2,2-4H3/b20-14+. The minimum atomic E-state index is -0.160. The van der Waals surface area contributed by atoms with Gasteiger partial charge in [0.1, 0.15) is 6.61 Å². The molecule has 3 rings (SSSR count). The number of ether oxygens (including phenoxy) is 2. The van der Waals surface area contributed by atoms with Crippen LogP contribution >= 0.6 is 0 Å². The number of nitrogens with zero attached hydrogens (tertiary/aromatic N) is 2. The summed E-state index contributed by atoms with van der Waals surface area (Å²) in [5, 5.41) is 5.84. The fourth-order valence-electron chi connectivity index (χ4n) is 2.83. The first-order valence-electron chi connectivity index (χ1n) is 9.05. The van der Waals surface area contributed by atoms with Gasteiger partial charge in [-0.05, 0) is 56.7 Å². The zero-order valence-corrected chi connectivity index (χ0v) is 16.2. The third-order valence-electron chi connectivity index (χ3n) is 4.23. The van der Waals surface area contributed by atoms with Gasteiger partial charge in [0.25, 0.3) is 5.91 Å². The monoisotopic (exact) mass is 374 g/mol. The Morgan fingerprint density at radius 1 is 1.11 bits per heavy atom. The van der Waals surface area contributed by atoms with Gasteiger partial charge in [0.15, 0.2) is 11.5 Å². The third-order valence-corrected chi connectivity index (χ3v) is 4.23. The van der Waals surface area contributed by atoms with Crippen LogP contribution in [-0.4, -0.2) is 24.8 Å². The van der Waals surface area contributed by atoms with E-state index in [2.05, 4.69) is 11.0 Å². The average molecular weight is 374 g/mol. The fourth-order valence-corrected chi connectivity index (χ4v) is 2.83. The van der Waals surface area contributed by atoms with Crippen molar-refractivity contribution >= 4 is 23.4 Å². The van der Waals surface area contributed by atoms with Gasteiger partial charge in [-0.1, -0.05) is 29.7 Å². The maximum absolute atomic E-state index is 12.9. The van der Waals surface area contributed by atoms with E-state index in [1.807, 2.05) is 63.2 Å². The molecule has 0 aliphatic carbocycles. The molecule has 0 N–H and O–H groups in total. The Morgan fingerprint density at radius 3 is 2.54 bits per heavy atom. The molecule has 0 radical (unpaired) electrons. The molecule has 142 valence electrons. The molecule has 0 spiro atoms. The molecule has 0 saturated heterocycles. The lowest BCUT2D eigenvalue weighted by atomic mass is 10.1. The Bertz CT molecular complexity index is 982. The minimum Gasteiger partial charge on any atom is -0.490 e. The third kappa shape index (κ3) is 4.07. The number of amides is 1. The largest absolute Gasteiger partial charge is 0.490 e. The quantitative estimate of drug-likeness (QED) is 0.562. The van der Waals surface area contributed by atoms with E-state index in [0.717, 1.165) is 16.8 Å². The van der Waals surface area contributed by atoms with E-state index in [1.54, 1.807) is 6.07 Å².